The van der Waals surface area contributed by atoms with E-state index in [9.17, 15) is 14.0 Å². The zero-order valence-electron chi connectivity index (χ0n) is 15.0. The van der Waals surface area contributed by atoms with E-state index in [-0.39, 0.29) is 23.0 Å². The zero-order chi connectivity index (χ0) is 20.0. The molecule has 0 aliphatic carbocycles. The van der Waals surface area contributed by atoms with Gasteiger partial charge in [0.25, 0.3) is 5.91 Å². The first-order chi connectivity index (χ1) is 12.8. The summed E-state index contributed by atoms with van der Waals surface area (Å²) in [4.78, 5) is 26.2. The molecule has 2 aromatic rings. The molecule has 0 saturated carbocycles. The van der Waals surface area contributed by atoms with Gasteiger partial charge in [0, 0.05) is 16.7 Å². The summed E-state index contributed by atoms with van der Waals surface area (Å²) >= 11 is 3.10. The number of benzene rings is 2. The van der Waals surface area contributed by atoms with Crippen LogP contribution in [0.25, 0.3) is 0 Å². The number of rotatable bonds is 6. The smallest absolute Gasteiger partial charge is 0.339 e. The molecule has 5 nitrogen and oxygen atoms in total. The van der Waals surface area contributed by atoms with Crippen LogP contribution in [-0.4, -0.2) is 25.0 Å². The Morgan fingerprint density at radius 2 is 1.85 bits per heavy atom. The number of carbonyl (C=O) groups is 2. The molecule has 0 N–H and O–H groups in total. The highest BCUT2D eigenvalue weighted by atomic mass is 79.9. The summed E-state index contributed by atoms with van der Waals surface area (Å²) in [6, 6.07) is 11.2. The Kier molecular flexibility index (Phi) is 7.08. The molecule has 1 amide bonds. The third kappa shape index (κ3) is 5.63. The number of esters is 1. The number of carbonyl (C=O) groups excluding carboxylic acids is 2. The van der Waals surface area contributed by atoms with Crippen molar-refractivity contribution < 1.29 is 18.7 Å². The number of amides is 1. The van der Waals surface area contributed by atoms with Gasteiger partial charge in [0.2, 0.25) is 0 Å². The molecule has 0 spiro atoms. The second-order valence-electron chi connectivity index (χ2n) is 6.00. The van der Waals surface area contributed by atoms with Crippen molar-refractivity contribution in [1.29, 1.82) is 5.26 Å². The van der Waals surface area contributed by atoms with Crippen molar-refractivity contribution in [3.63, 3.8) is 0 Å². The van der Waals surface area contributed by atoms with Crippen LogP contribution in [0, 0.1) is 31.0 Å². The highest BCUT2D eigenvalue weighted by Gasteiger charge is 2.20. The van der Waals surface area contributed by atoms with Crippen LogP contribution in [0.5, 0.6) is 0 Å². The first-order valence-corrected chi connectivity index (χ1v) is 8.99. The highest BCUT2D eigenvalue weighted by Crippen LogP contribution is 2.21. The minimum atomic E-state index is -0.740. The molecule has 0 fully saturated rings. The molecule has 0 radical (unpaired) electrons. The molecule has 0 heterocycles. The fourth-order valence-corrected chi connectivity index (χ4v) is 3.12. The van der Waals surface area contributed by atoms with Gasteiger partial charge < -0.3 is 9.64 Å². The van der Waals surface area contributed by atoms with Gasteiger partial charge in [-0.15, -0.1) is 0 Å². The van der Waals surface area contributed by atoms with E-state index >= 15 is 0 Å². The van der Waals surface area contributed by atoms with E-state index in [2.05, 4.69) is 15.9 Å². The third-order valence-corrected chi connectivity index (χ3v) is 4.40. The van der Waals surface area contributed by atoms with Crippen LogP contribution in [0.3, 0.4) is 0 Å². The van der Waals surface area contributed by atoms with Crippen molar-refractivity contribution >= 4 is 33.5 Å². The molecule has 0 aliphatic heterocycles. The fraction of sp³-hybridized carbons (Fsp3) is 0.250. The minimum absolute atomic E-state index is 0.124. The lowest BCUT2D eigenvalue weighted by molar-refractivity contribution is -0.121. The van der Waals surface area contributed by atoms with Crippen molar-refractivity contribution in [3.8, 4) is 6.07 Å². The molecule has 0 saturated heterocycles. The van der Waals surface area contributed by atoms with Gasteiger partial charge in [-0.3, -0.25) is 4.79 Å². The lowest BCUT2D eigenvalue weighted by Crippen LogP contribution is -2.35. The van der Waals surface area contributed by atoms with Crippen LogP contribution in [0.1, 0.15) is 27.9 Å². The molecule has 0 aliphatic rings. The summed E-state index contributed by atoms with van der Waals surface area (Å²) in [6.45, 7) is 3.53. The van der Waals surface area contributed by atoms with Crippen LogP contribution in [0.4, 0.5) is 10.1 Å². The molecule has 2 aromatic carbocycles. The SMILES string of the molecule is Cc1cc(C)cc(N(CCC#N)C(=O)COC(=O)c2ccc(F)cc2Br)c1. The average Bonchev–Trinajstić information content (AvgIpc) is 2.59. The molecule has 0 unspecified atom stereocenters. The van der Waals surface area contributed by atoms with Gasteiger partial charge in [-0.25, -0.2) is 9.18 Å². The summed E-state index contributed by atoms with van der Waals surface area (Å²) in [6.07, 6.45) is 0.149. The van der Waals surface area contributed by atoms with E-state index in [0.717, 1.165) is 23.3 Å². The van der Waals surface area contributed by atoms with Crippen LogP contribution >= 0.6 is 15.9 Å². The highest BCUT2D eigenvalue weighted by molar-refractivity contribution is 9.10. The van der Waals surface area contributed by atoms with Crippen molar-refractivity contribution in [2.75, 3.05) is 18.1 Å². The van der Waals surface area contributed by atoms with Crippen molar-refractivity contribution in [2.24, 2.45) is 0 Å². The van der Waals surface area contributed by atoms with Gasteiger partial charge in [-0.2, -0.15) is 5.26 Å². The van der Waals surface area contributed by atoms with Gasteiger partial charge in [0.15, 0.2) is 6.61 Å². The van der Waals surface area contributed by atoms with E-state index in [1.54, 1.807) is 0 Å². The summed E-state index contributed by atoms with van der Waals surface area (Å²) in [5.74, 6) is -1.68. The van der Waals surface area contributed by atoms with Gasteiger partial charge in [-0.1, -0.05) is 6.07 Å². The Bertz CT molecular complexity index is 888. The number of nitrogens with zero attached hydrogens (tertiary/aromatic N) is 2. The number of hydrogen-bond donors (Lipinski definition) is 0. The Labute approximate surface area is 165 Å². The lowest BCUT2D eigenvalue weighted by atomic mass is 10.1. The summed E-state index contributed by atoms with van der Waals surface area (Å²) in [7, 11) is 0. The Morgan fingerprint density at radius 3 is 2.44 bits per heavy atom. The molecule has 0 atom stereocenters. The average molecular weight is 433 g/mol. The predicted molar refractivity (Wildman–Crippen MR) is 103 cm³/mol. The number of anilines is 1. The van der Waals surface area contributed by atoms with Gasteiger partial charge in [0.1, 0.15) is 5.82 Å². The standard InChI is InChI=1S/C20H18BrFN2O3/c1-13-8-14(2)10-16(9-13)24(7-3-6-23)19(25)12-27-20(26)17-5-4-15(22)11-18(17)21/h4-5,8-11H,3,7,12H2,1-2H3. The van der Waals surface area contributed by atoms with E-state index < -0.39 is 24.3 Å². The maximum atomic E-state index is 13.1. The maximum absolute atomic E-state index is 13.1. The molecule has 27 heavy (non-hydrogen) atoms. The molecule has 0 aromatic heterocycles. The number of hydrogen-bond acceptors (Lipinski definition) is 4. The molecular weight excluding hydrogens is 415 g/mol. The fourth-order valence-electron chi connectivity index (χ4n) is 2.60. The molecule has 2 rings (SSSR count). The number of ether oxygens (including phenoxy) is 1. The largest absolute Gasteiger partial charge is 0.452 e. The van der Waals surface area contributed by atoms with E-state index in [0.29, 0.717) is 5.69 Å². The number of nitriles is 1. The topological polar surface area (TPSA) is 70.4 Å². The summed E-state index contributed by atoms with van der Waals surface area (Å²) in [5.41, 5.74) is 2.73. The molecule has 7 heteroatoms. The van der Waals surface area contributed by atoms with Crippen LogP contribution < -0.4 is 4.90 Å². The number of aryl methyl sites for hydroxylation is 2. The molecular formula is C20H18BrFN2O3. The molecule has 0 bridgehead atoms. The quantitative estimate of drug-likeness (QED) is 0.637. The zero-order valence-corrected chi connectivity index (χ0v) is 16.5. The first kappa shape index (κ1) is 20.6. The second kappa shape index (κ2) is 9.28. The minimum Gasteiger partial charge on any atom is -0.452 e. The summed E-state index contributed by atoms with van der Waals surface area (Å²) in [5, 5.41) is 8.86. The first-order valence-electron chi connectivity index (χ1n) is 8.19. The van der Waals surface area contributed by atoms with E-state index in [1.807, 2.05) is 38.1 Å². The van der Waals surface area contributed by atoms with Crippen LogP contribution in [-0.2, 0) is 9.53 Å². The van der Waals surface area contributed by atoms with Gasteiger partial charge >= 0.3 is 5.97 Å². The van der Waals surface area contributed by atoms with Crippen molar-refractivity contribution in [1.82, 2.24) is 0 Å². The summed E-state index contributed by atoms with van der Waals surface area (Å²) < 4.78 is 18.5. The maximum Gasteiger partial charge on any atom is 0.339 e. The van der Waals surface area contributed by atoms with Crippen LogP contribution in [0.2, 0.25) is 0 Å². The Balaban J connectivity index is 2.13. The van der Waals surface area contributed by atoms with Gasteiger partial charge in [0.05, 0.1) is 18.1 Å². The van der Waals surface area contributed by atoms with Gasteiger partial charge in [-0.05, 0) is 71.2 Å². The second-order valence-corrected chi connectivity index (χ2v) is 6.85. The van der Waals surface area contributed by atoms with Crippen LogP contribution in [0.15, 0.2) is 40.9 Å². The number of halogens is 2. The lowest BCUT2D eigenvalue weighted by Gasteiger charge is -2.22. The third-order valence-electron chi connectivity index (χ3n) is 3.74. The Morgan fingerprint density at radius 1 is 1.19 bits per heavy atom. The van der Waals surface area contributed by atoms with Crippen molar-refractivity contribution in [3.05, 3.63) is 63.4 Å². The van der Waals surface area contributed by atoms with E-state index in [4.69, 9.17) is 10.00 Å². The monoisotopic (exact) mass is 432 g/mol. The van der Waals surface area contributed by atoms with Crippen molar-refractivity contribution in [2.45, 2.75) is 20.3 Å². The predicted octanol–water partition coefficient (Wildman–Crippen LogP) is 4.31. The van der Waals surface area contributed by atoms with E-state index in [1.165, 1.54) is 11.0 Å². The normalized spacial score (nSPS) is 10.2. The Hall–Kier alpha value is -2.72. The molecule has 140 valence electrons.